The third-order valence-electron chi connectivity index (χ3n) is 4.95. The predicted octanol–water partition coefficient (Wildman–Crippen LogP) is 4.13. The summed E-state index contributed by atoms with van der Waals surface area (Å²) >= 11 is 1.80. The Morgan fingerprint density at radius 2 is 2.00 bits per heavy atom. The van der Waals surface area contributed by atoms with Gasteiger partial charge in [-0.05, 0) is 42.3 Å². The van der Waals surface area contributed by atoms with E-state index in [1.54, 1.807) is 11.3 Å². The number of rotatable bonds is 8. The van der Waals surface area contributed by atoms with Crippen LogP contribution in [0.4, 0.5) is 0 Å². The smallest absolute Gasteiger partial charge is 0.222 e. The van der Waals surface area contributed by atoms with Crippen molar-refractivity contribution in [1.29, 1.82) is 0 Å². The van der Waals surface area contributed by atoms with Crippen LogP contribution < -0.4 is 5.32 Å². The first-order chi connectivity index (χ1) is 13.7. The van der Waals surface area contributed by atoms with Gasteiger partial charge in [0.15, 0.2) is 5.96 Å². The standard InChI is InChI=1S/C22H30N4OS.HI/c1-3-23-22(25(2)14-12-20-6-5-15-28-20)24-16-18-8-10-19(11-9-18)17-26-13-4-7-21(26)27;/h5-6,8-11,15H,3-4,7,12-14,16-17H2,1-2H3,(H,23,24);1H. The Labute approximate surface area is 195 Å². The third kappa shape index (κ3) is 7.29. The van der Waals surface area contributed by atoms with E-state index in [1.807, 2.05) is 4.90 Å². The molecule has 1 aliphatic heterocycles. The first-order valence-corrected chi connectivity index (χ1v) is 10.9. The van der Waals surface area contributed by atoms with Gasteiger partial charge < -0.3 is 15.1 Å². The molecular weight excluding hydrogens is 495 g/mol. The number of likely N-dealkylation sites (tertiary alicyclic amines) is 1. The Bertz CT molecular complexity index is 777. The molecule has 0 saturated carbocycles. The first-order valence-electron chi connectivity index (χ1n) is 10.0. The molecule has 3 rings (SSSR count). The van der Waals surface area contributed by atoms with Gasteiger partial charge in [-0.1, -0.05) is 30.3 Å². The van der Waals surface area contributed by atoms with Crippen LogP contribution in [-0.4, -0.2) is 48.3 Å². The number of carbonyl (C=O) groups is 1. The number of likely N-dealkylation sites (N-methyl/N-ethyl adjacent to an activating group) is 1. The highest BCUT2D eigenvalue weighted by atomic mass is 127. The number of guanidine groups is 1. The summed E-state index contributed by atoms with van der Waals surface area (Å²) in [7, 11) is 2.09. The van der Waals surface area contributed by atoms with E-state index in [0.29, 0.717) is 13.0 Å². The topological polar surface area (TPSA) is 47.9 Å². The Morgan fingerprint density at radius 1 is 1.24 bits per heavy atom. The maximum Gasteiger partial charge on any atom is 0.222 e. The van der Waals surface area contributed by atoms with Crippen molar-refractivity contribution in [2.75, 3.05) is 26.7 Å². The highest BCUT2D eigenvalue weighted by Crippen LogP contribution is 2.15. The molecule has 1 amide bonds. The van der Waals surface area contributed by atoms with Crippen molar-refractivity contribution in [3.63, 3.8) is 0 Å². The van der Waals surface area contributed by atoms with Crippen LogP contribution >= 0.6 is 35.3 Å². The number of hydrogen-bond acceptors (Lipinski definition) is 3. The summed E-state index contributed by atoms with van der Waals surface area (Å²) in [5.41, 5.74) is 2.36. The van der Waals surface area contributed by atoms with Gasteiger partial charge in [0.05, 0.1) is 6.54 Å². The van der Waals surface area contributed by atoms with E-state index < -0.39 is 0 Å². The monoisotopic (exact) mass is 526 g/mol. The summed E-state index contributed by atoms with van der Waals surface area (Å²) in [6.07, 6.45) is 2.71. The number of hydrogen-bond donors (Lipinski definition) is 1. The molecule has 1 N–H and O–H groups in total. The Kier molecular flexibility index (Phi) is 9.93. The molecule has 2 aromatic rings. The van der Waals surface area contributed by atoms with E-state index in [4.69, 9.17) is 4.99 Å². The molecule has 29 heavy (non-hydrogen) atoms. The zero-order valence-electron chi connectivity index (χ0n) is 17.3. The normalized spacial score (nSPS) is 14.1. The minimum absolute atomic E-state index is 0. The van der Waals surface area contributed by atoms with E-state index in [-0.39, 0.29) is 29.9 Å². The Balaban J connectivity index is 0.00000300. The second-order valence-corrected chi connectivity index (χ2v) is 8.19. The molecule has 1 aliphatic rings. The number of aliphatic imine (C=N–C) groups is 1. The maximum atomic E-state index is 11.8. The van der Waals surface area contributed by atoms with Gasteiger partial charge in [0.25, 0.3) is 0 Å². The zero-order valence-corrected chi connectivity index (χ0v) is 20.4. The number of halogens is 1. The second-order valence-electron chi connectivity index (χ2n) is 7.16. The fourth-order valence-corrected chi connectivity index (χ4v) is 4.01. The predicted molar refractivity (Wildman–Crippen MR) is 132 cm³/mol. The van der Waals surface area contributed by atoms with Crippen LogP contribution in [0.3, 0.4) is 0 Å². The highest BCUT2D eigenvalue weighted by Gasteiger charge is 2.19. The van der Waals surface area contributed by atoms with Crippen LogP contribution in [0.2, 0.25) is 0 Å². The lowest BCUT2D eigenvalue weighted by Crippen LogP contribution is -2.39. The fourth-order valence-electron chi connectivity index (χ4n) is 3.32. The van der Waals surface area contributed by atoms with Gasteiger partial charge in [-0.15, -0.1) is 35.3 Å². The van der Waals surface area contributed by atoms with Crippen LogP contribution in [0.1, 0.15) is 35.8 Å². The van der Waals surface area contributed by atoms with Gasteiger partial charge in [0.2, 0.25) is 5.91 Å². The zero-order chi connectivity index (χ0) is 19.8. The van der Waals surface area contributed by atoms with Crippen molar-refractivity contribution < 1.29 is 4.79 Å². The van der Waals surface area contributed by atoms with Crippen molar-refractivity contribution in [1.82, 2.24) is 15.1 Å². The van der Waals surface area contributed by atoms with E-state index in [1.165, 1.54) is 16.0 Å². The Morgan fingerprint density at radius 3 is 2.62 bits per heavy atom. The molecule has 0 radical (unpaired) electrons. The molecule has 0 aliphatic carbocycles. The minimum atomic E-state index is 0. The van der Waals surface area contributed by atoms with Gasteiger partial charge in [-0.3, -0.25) is 4.79 Å². The number of thiophene rings is 1. The van der Waals surface area contributed by atoms with Gasteiger partial charge in [0.1, 0.15) is 0 Å². The highest BCUT2D eigenvalue weighted by molar-refractivity contribution is 14.0. The largest absolute Gasteiger partial charge is 0.357 e. The van der Waals surface area contributed by atoms with Crippen molar-refractivity contribution in [2.24, 2.45) is 4.99 Å². The minimum Gasteiger partial charge on any atom is -0.357 e. The molecule has 0 spiro atoms. The van der Waals surface area contributed by atoms with Gasteiger partial charge in [-0.25, -0.2) is 4.99 Å². The molecule has 0 unspecified atom stereocenters. The molecule has 7 heteroatoms. The molecule has 1 saturated heterocycles. The van der Waals surface area contributed by atoms with Gasteiger partial charge >= 0.3 is 0 Å². The number of nitrogens with zero attached hydrogens (tertiary/aromatic N) is 3. The van der Waals surface area contributed by atoms with Crippen LogP contribution in [0.5, 0.6) is 0 Å². The van der Waals surface area contributed by atoms with Gasteiger partial charge in [-0.2, -0.15) is 0 Å². The molecule has 1 aromatic heterocycles. The number of nitrogens with one attached hydrogen (secondary N) is 1. The molecule has 5 nitrogen and oxygen atoms in total. The Hall–Kier alpha value is -1.61. The average molecular weight is 526 g/mol. The summed E-state index contributed by atoms with van der Waals surface area (Å²) in [5, 5.41) is 5.51. The second kappa shape index (κ2) is 12.2. The molecule has 1 fully saturated rings. The quantitative estimate of drug-likeness (QED) is 0.320. The summed E-state index contributed by atoms with van der Waals surface area (Å²) in [6, 6.07) is 12.7. The number of carbonyl (C=O) groups excluding carboxylic acids is 1. The van der Waals surface area contributed by atoms with Crippen molar-refractivity contribution in [3.05, 3.63) is 57.8 Å². The summed E-state index contributed by atoms with van der Waals surface area (Å²) in [6.45, 7) is 6.14. The molecule has 2 heterocycles. The molecule has 0 bridgehead atoms. The number of amides is 1. The number of benzene rings is 1. The summed E-state index contributed by atoms with van der Waals surface area (Å²) in [5.74, 6) is 1.21. The van der Waals surface area contributed by atoms with Crippen molar-refractivity contribution in [2.45, 2.75) is 39.3 Å². The van der Waals surface area contributed by atoms with E-state index >= 15 is 0 Å². The van der Waals surface area contributed by atoms with E-state index in [0.717, 1.165) is 45.0 Å². The SMILES string of the molecule is CCNC(=NCc1ccc(CN2CCCC2=O)cc1)N(C)CCc1cccs1.I. The molecule has 1 aromatic carbocycles. The van der Waals surface area contributed by atoms with Gasteiger partial charge in [0, 0.05) is 44.5 Å². The van der Waals surface area contributed by atoms with Crippen LogP contribution in [-0.2, 0) is 24.3 Å². The van der Waals surface area contributed by atoms with E-state index in [2.05, 4.69) is 66.0 Å². The fraction of sp³-hybridized carbons (Fsp3) is 0.455. The first kappa shape index (κ1) is 23.7. The molecule has 0 atom stereocenters. The summed E-state index contributed by atoms with van der Waals surface area (Å²) < 4.78 is 0. The van der Waals surface area contributed by atoms with E-state index in [9.17, 15) is 4.79 Å². The third-order valence-corrected chi connectivity index (χ3v) is 5.89. The lowest BCUT2D eigenvalue weighted by atomic mass is 10.1. The summed E-state index contributed by atoms with van der Waals surface area (Å²) in [4.78, 5) is 22.1. The van der Waals surface area contributed by atoms with Crippen LogP contribution in [0.25, 0.3) is 0 Å². The average Bonchev–Trinajstić information content (AvgIpc) is 3.36. The lowest BCUT2D eigenvalue weighted by molar-refractivity contribution is -0.128. The molecule has 158 valence electrons. The van der Waals surface area contributed by atoms with Crippen LogP contribution in [0, 0.1) is 0 Å². The van der Waals surface area contributed by atoms with Crippen molar-refractivity contribution in [3.8, 4) is 0 Å². The molecular formula is C22H31IN4OS. The van der Waals surface area contributed by atoms with Crippen molar-refractivity contribution >= 4 is 47.2 Å². The van der Waals surface area contributed by atoms with Crippen LogP contribution in [0.15, 0.2) is 46.8 Å². The lowest BCUT2D eigenvalue weighted by Gasteiger charge is -2.22. The maximum absolute atomic E-state index is 11.8.